The van der Waals surface area contributed by atoms with Crippen molar-refractivity contribution in [3.63, 3.8) is 0 Å². The Morgan fingerprint density at radius 1 is 0.920 bits per heavy atom. The van der Waals surface area contributed by atoms with Crippen LogP contribution in [0.1, 0.15) is 82.8 Å². The second-order valence-corrected chi connectivity index (χ2v) is 7.43. The molecule has 0 bridgehead atoms. The second-order valence-electron chi connectivity index (χ2n) is 7.43. The van der Waals surface area contributed by atoms with E-state index in [1.807, 2.05) is 0 Å². The zero-order valence-electron chi connectivity index (χ0n) is 16.4. The Labute approximate surface area is 153 Å². The summed E-state index contributed by atoms with van der Waals surface area (Å²) in [5, 5.41) is 0. The first kappa shape index (κ1) is 21.9. The van der Waals surface area contributed by atoms with Crippen molar-refractivity contribution in [2.75, 3.05) is 0 Å². The zero-order chi connectivity index (χ0) is 18.7. The third kappa shape index (κ3) is 7.71. The predicted molar refractivity (Wildman–Crippen MR) is 105 cm³/mol. The number of aryl methyl sites for hydroxylation is 2. The summed E-state index contributed by atoms with van der Waals surface area (Å²) < 4.78 is 27.6. The van der Waals surface area contributed by atoms with E-state index in [-0.39, 0.29) is 0 Å². The minimum Gasteiger partial charge on any atom is -0.203 e. The summed E-state index contributed by atoms with van der Waals surface area (Å²) >= 11 is 0. The summed E-state index contributed by atoms with van der Waals surface area (Å²) in [5.41, 5.74) is 0.905. The van der Waals surface area contributed by atoms with Gasteiger partial charge in [-0.05, 0) is 55.6 Å². The summed E-state index contributed by atoms with van der Waals surface area (Å²) in [6, 6.07) is 3.42. The van der Waals surface area contributed by atoms with Crippen molar-refractivity contribution < 1.29 is 8.78 Å². The van der Waals surface area contributed by atoms with Crippen LogP contribution >= 0.6 is 0 Å². The maximum atomic E-state index is 14.0. The van der Waals surface area contributed by atoms with E-state index >= 15 is 0 Å². The second kappa shape index (κ2) is 12.2. The molecule has 2 unspecified atom stereocenters. The van der Waals surface area contributed by atoms with E-state index in [1.54, 1.807) is 19.1 Å². The molecule has 0 nitrogen and oxygen atoms in total. The molecule has 0 fully saturated rings. The summed E-state index contributed by atoms with van der Waals surface area (Å²) in [4.78, 5) is 0. The average molecular weight is 351 g/mol. The van der Waals surface area contributed by atoms with E-state index in [9.17, 15) is 8.78 Å². The van der Waals surface area contributed by atoms with Gasteiger partial charge < -0.3 is 0 Å². The number of hydrogen-bond donors (Lipinski definition) is 0. The Bertz CT molecular complexity index is 507. The minimum atomic E-state index is -0.686. The number of hydrogen-bond acceptors (Lipinski definition) is 0. The molecule has 1 aromatic rings. The Morgan fingerprint density at radius 2 is 1.60 bits per heavy atom. The summed E-state index contributed by atoms with van der Waals surface area (Å²) in [6.07, 6.45) is 13.4. The van der Waals surface area contributed by atoms with Gasteiger partial charge in [0, 0.05) is 0 Å². The van der Waals surface area contributed by atoms with Crippen LogP contribution in [0.25, 0.3) is 0 Å². The lowest BCUT2D eigenvalue weighted by Crippen LogP contribution is -2.04. The van der Waals surface area contributed by atoms with Crippen molar-refractivity contribution >= 4 is 0 Å². The minimum absolute atomic E-state index is 0.383. The number of halogens is 2. The van der Waals surface area contributed by atoms with Gasteiger partial charge in [0.25, 0.3) is 0 Å². The molecule has 0 aliphatic heterocycles. The molecule has 0 aliphatic rings. The van der Waals surface area contributed by atoms with Gasteiger partial charge in [-0.1, -0.05) is 70.6 Å². The average Bonchev–Trinajstić information content (AvgIpc) is 2.60. The predicted octanol–water partition coefficient (Wildman–Crippen LogP) is 7.78. The van der Waals surface area contributed by atoms with Gasteiger partial charge in [0.1, 0.15) is 0 Å². The summed E-state index contributed by atoms with van der Waals surface area (Å²) in [7, 11) is 0. The van der Waals surface area contributed by atoms with Gasteiger partial charge in [-0.25, -0.2) is 8.78 Å². The quantitative estimate of drug-likeness (QED) is 0.318. The lowest BCUT2D eigenvalue weighted by atomic mass is 9.88. The lowest BCUT2D eigenvalue weighted by molar-refractivity contribution is 0.372. The van der Waals surface area contributed by atoms with Crippen molar-refractivity contribution in [3.05, 3.63) is 47.5 Å². The van der Waals surface area contributed by atoms with Gasteiger partial charge in [-0.3, -0.25) is 0 Å². The maximum Gasteiger partial charge on any atom is 0.162 e. The van der Waals surface area contributed by atoms with Crippen LogP contribution in [-0.2, 0) is 6.42 Å². The van der Waals surface area contributed by atoms with E-state index in [0.29, 0.717) is 29.4 Å². The van der Waals surface area contributed by atoms with E-state index in [0.717, 1.165) is 12.8 Å². The molecule has 0 saturated heterocycles. The molecule has 2 atom stereocenters. The van der Waals surface area contributed by atoms with Gasteiger partial charge in [-0.15, -0.1) is 6.58 Å². The lowest BCUT2D eigenvalue weighted by Gasteiger charge is -2.18. The van der Waals surface area contributed by atoms with E-state index in [4.69, 9.17) is 0 Å². The normalized spacial score (nSPS) is 13.6. The van der Waals surface area contributed by atoms with Crippen molar-refractivity contribution in [1.82, 2.24) is 0 Å². The summed E-state index contributed by atoms with van der Waals surface area (Å²) in [5.74, 6) is 0.0155. The molecule has 0 aromatic heterocycles. The Kier molecular flexibility index (Phi) is 10.7. The third-order valence-corrected chi connectivity index (χ3v) is 5.29. The van der Waals surface area contributed by atoms with Crippen LogP contribution in [0.5, 0.6) is 0 Å². The van der Waals surface area contributed by atoms with Crippen LogP contribution in [0.15, 0.2) is 24.8 Å². The molecule has 1 rings (SSSR count). The fourth-order valence-electron chi connectivity index (χ4n) is 3.72. The van der Waals surface area contributed by atoms with Crippen LogP contribution in [0.2, 0.25) is 0 Å². The van der Waals surface area contributed by atoms with Crippen LogP contribution in [-0.4, -0.2) is 0 Å². The Hall–Kier alpha value is -1.18. The molecule has 25 heavy (non-hydrogen) atoms. The van der Waals surface area contributed by atoms with E-state index in [2.05, 4.69) is 26.5 Å². The highest BCUT2D eigenvalue weighted by Gasteiger charge is 2.13. The first-order valence-corrected chi connectivity index (χ1v) is 10.1. The Balaban J connectivity index is 2.42. The first-order chi connectivity index (χ1) is 12.0. The van der Waals surface area contributed by atoms with Crippen molar-refractivity contribution in [3.8, 4) is 0 Å². The molecular weight excluding hydrogens is 314 g/mol. The standard InChI is InChI=1S/C23H36F2/c1-5-10-19(7-3)12-8-13-20(11-6-2)14-9-15-21-17-16-18(4)22(24)23(21)25/h7,16-17,19-20H,3,5-6,8-15H2,1-2,4H3. The highest BCUT2D eigenvalue weighted by molar-refractivity contribution is 5.25. The van der Waals surface area contributed by atoms with Crippen molar-refractivity contribution in [2.24, 2.45) is 11.8 Å². The molecule has 0 amide bonds. The molecule has 0 N–H and O–H groups in total. The zero-order valence-corrected chi connectivity index (χ0v) is 16.4. The fraction of sp³-hybridized carbons (Fsp3) is 0.652. The number of benzene rings is 1. The molecule has 142 valence electrons. The van der Waals surface area contributed by atoms with Crippen molar-refractivity contribution in [2.45, 2.75) is 85.0 Å². The van der Waals surface area contributed by atoms with Crippen LogP contribution in [0, 0.1) is 30.4 Å². The molecule has 0 heterocycles. The monoisotopic (exact) mass is 350 g/mol. The van der Waals surface area contributed by atoms with Crippen LogP contribution in [0.3, 0.4) is 0 Å². The maximum absolute atomic E-state index is 14.0. The smallest absolute Gasteiger partial charge is 0.162 e. The molecule has 2 heteroatoms. The molecule has 0 spiro atoms. The van der Waals surface area contributed by atoms with E-state index in [1.165, 1.54) is 44.9 Å². The van der Waals surface area contributed by atoms with Gasteiger partial charge >= 0.3 is 0 Å². The molecule has 0 radical (unpaired) electrons. The summed E-state index contributed by atoms with van der Waals surface area (Å²) in [6.45, 7) is 10.0. The third-order valence-electron chi connectivity index (χ3n) is 5.29. The molecule has 0 aliphatic carbocycles. The topological polar surface area (TPSA) is 0 Å². The SMILES string of the molecule is C=CC(CCC)CCCC(CCC)CCCc1ccc(C)c(F)c1F. The highest BCUT2D eigenvalue weighted by atomic mass is 19.2. The molecular formula is C23H36F2. The molecule has 1 aromatic carbocycles. The Morgan fingerprint density at radius 3 is 2.24 bits per heavy atom. The first-order valence-electron chi connectivity index (χ1n) is 10.1. The number of allylic oxidation sites excluding steroid dienone is 1. The van der Waals surface area contributed by atoms with Crippen LogP contribution < -0.4 is 0 Å². The van der Waals surface area contributed by atoms with Crippen LogP contribution in [0.4, 0.5) is 8.78 Å². The highest BCUT2D eigenvalue weighted by Crippen LogP contribution is 2.25. The van der Waals surface area contributed by atoms with Gasteiger partial charge in [0.05, 0.1) is 0 Å². The largest absolute Gasteiger partial charge is 0.203 e. The van der Waals surface area contributed by atoms with Gasteiger partial charge in [0.2, 0.25) is 0 Å². The van der Waals surface area contributed by atoms with Crippen molar-refractivity contribution in [1.29, 1.82) is 0 Å². The van der Waals surface area contributed by atoms with Gasteiger partial charge in [-0.2, -0.15) is 0 Å². The molecule has 0 saturated carbocycles. The van der Waals surface area contributed by atoms with E-state index < -0.39 is 11.6 Å². The number of rotatable bonds is 13. The van der Waals surface area contributed by atoms with Gasteiger partial charge in [0.15, 0.2) is 11.6 Å². The fourth-order valence-corrected chi connectivity index (χ4v) is 3.72.